The van der Waals surface area contributed by atoms with Crippen molar-refractivity contribution < 1.29 is 14.6 Å². The molecule has 0 heterocycles. The number of carbonyl (C=O) groups excluding carboxylic acids is 1. The van der Waals surface area contributed by atoms with Crippen LogP contribution in [0.5, 0.6) is 5.75 Å². The van der Waals surface area contributed by atoms with Gasteiger partial charge in [0, 0.05) is 11.8 Å². The summed E-state index contributed by atoms with van der Waals surface area (Å²) in [6.07, 6.45) is 4.63. The lowest BCUT2D eigenvalue weighted by molar-refractivity contribution is -0.120. The molecule has 4 aromatic rings. The summed E-state index contributed by atoms with van der Waals surface area (Å²) in [5, 5.41) is 10.7. The molecule has 1 aliphatic rings. The van der Waals surface area contributed by atoms with Gasteiger partial charge in [-0.15, -0.1) is 0 Å². The average molecular weight is 531 g/mol. The second kappa shape index (κ2) is 12.1. The third-order valence-corrected chi connectivity index (χ3v) is 8.17. The molecule has 1 N–H and O–H groups in total. The maximum absolute atomic E-state index is 13.9. The number of aryl methyl sites for hydroxylation is 3. The van der Waals surface area contributed by atoms with Crippen LogP contribution >= 0.6 is 0 Å². The molecule has 1 saturated carbocycles. The molecule has 1 fully saturated rings. The average Bonchev–Trinajstić information content (AvgIpc) is 3.28. The summed E-state index contributed by atoms with van der Waals surface area (Å²) in [5.74, 6) is 0.691. The Hall–Kier alpha value is -3.95. The minimum absolute atomic E-state index is 0.0651. The topological polar surface area (TPSA) is 46.5 Å². The van der Waals surface area contributed by atoms with Crippen molar-refractivity contribution in [3.63, 3.8) is 0 Å². The summed E-state index contributed by atoms with van der Waals surface area (Å²) in [4.78, 5) is 13.9. The van der Waals surface area contributed by atoms with Crippen LogP contribution in [0.1, 0.15) is 64.2 Å². The molecule has 204 valence electrons. The van der Waals surface area contributed by atoms with Gasteiger partial charge in [-0.1, -0.05) is 108 Å². The summed E-state index contributed by atoms with van der Waals surface area (Å²) >= 11 is 0. The zero-order chi connectivity index (χ0) is 28.2. The van der Waals surface area contributed by atoms with Crippen molar-refractivity contribution in [1.82, 2.24) is 0 Å². The van der Waals surface area contributed by atoms with Crippen molar-refractivity contribution in [2.75, 3.05) is 7.11 Å². The minimum Gasteiger partial charge on any atom is -0.497 e. The molecule has 0 spiro atoms. The minimum atomic E-state index is -0.596. The number of hydrogen-bond donors (Lipinski definition) is 1. The highest BCUT2D eigenvalue weighted by molar-refractivity contribution is 5.92. The molecule has 4 atom stereocenters. The number of ether oxygens (including phenoxy) is 1. The molecule has 0 saturated heterocycles. The van der Waals surface area contributed by atoms with E-state index in [-0.39, 0.29) is 23.5 Å². The molecule has 0 aromatic heterocycles. The standard InChI is InChI=1S/C37H38O3/c1-24-8-10-30(11-9-24)36(38)7-5-6-33-34(28-16-18-32(40-4)19-17-28)23-35(37(33)39)29-14-12-27(13-15-29)31-21-25(2)20-26(3)22-31/h5-6,8-22,33-36,38H,7,23H2,1-4H3/b6-5+/t33-,34-,35?,36+/m1/s1. The predicted octanol–water partition coefficient (Wildman–Crippen LogP) is 8.42. The first-order valence-electron chi connectivity index (χ1n) is 14.1. The van der Waals surface area contributed by atoms with E-state index in [4.69, 9.17) is 4.74 Å². The van der Waals surface area contributed by atoms with Crippen LogP contribution in [-0.2, 0) is 4.79 Å². The lowest BCUT2D eigenvalue weighted by atomic mass is 9.88. The van der Waals surface area contributed by atoms with E-state index >= 15 is 0 Å². The SMILES string of the molecule is COc1ccc([C@H]2CC(c3ccc(-c4cc(C)cc(C)c4)cc3)C(=O)[C@@H]2/C=C/C[C@H](O)c2ccc(C)cc2)cc1. The van der Waals surface area contributed by atoms with Gasteiger partial charge in [-0.3, -0.25) is 4.79 Å². The summed E-state index contributed by atoms with van der Waals surface area (Å²) < 4.78 is 5.36. The number of rotatable bonds is 8. The van der Waals surface area contributed by atoms with E-state index in [1.54, 1.807) is 7.11 Å². The third kappa shape index (κ3) is 6.11. The van der Waals surface area contributed by atoms with Crippen molar-refractivity contribution in [1.29, 1.82) is 0 Å². The van der Waals surface area contributed by atoms with Gasteiger partial charge in [-0.25, -0.2) is 0 Å². The first kappa shape index (κ1) is 27.6. The Bertz CT molecular complexity index is 1460. The van der Waals surface area contributed by atoms with Crippen LogP contribution in [0.4, 0.5) is 0 Å². The smallest absolute Gasteiger partial charge is 0.147 e. The molecular weight excluding hydrogens is 492 g/mol. The van der Waals surface area contributed by atoms with Gasteiger partial charge in [0.15, 0.2) is 0 Å². The fourth-order valence-corrected chi connectivity index (χ4v) is 6.00. The fourth-order valence-electron chi connectivity index (χ4n) is 6.00. The van der Waals surface area contributed by atoms with Gasteiger partial charge in [0.1, 0.15) is 11.5 Å². The van der Waals surface area contributed by atoms with E-state index in [2.05, 4.69) is 68.4 Å². The highest BCUT2D eigenvalue weighted by atomic mass is 16.5. The Kier molecular flexibility index (Phi) is 8.32. The summed E-state index contributed by atoms with van der Waals surface area (Å²) in [7, 11) is 1.66. The number of hydrogen-bond acceptors (Lipinski definition) is 3. The number of aliphatic hydroxyl groups excluding tert-OH is 1. The largest absolute Gasteiger partial charge is 0.497 e. The van der Waals surface area contributed by atoms with E-state index in [0.717, 1.165) is 34.4 Å². The van der Waals surface area contributed by atoms with Crippen LogP contribution in [0.2, 0.25) is 0 Å². The number of Topliss-reactive ketones (excluding diaryl/α,β-unsaturated/α-hetero) is 1. The van der Waals surface area contributed by atoms with E-state index < -0.39 is 6.10 Å². The fraction of sp³-hybridized carbons (Fsp3) is 0.270. The lowest BCUT2D eigenvalue weighted by Crippen LogP contribution is -2.14. The number of benzene rings is 4. The number of allylic oxidation sites excluding steroid dienone is 1. The first-order valence-corrected chi connectivity index (χ1v) is 14.1. The van der Waals surface area contributed by atoms with E-state index in [1.165, 1.54) is 22.3 Å². The highest BCUT2D eigenvalue weighted by Gasteiger charge is 2.42. The number of aliphatic hydroxyl groups is 1. The summed E-state index contributed by atoms with van der Waals surface area (Å²) in [5.41, 5.74) is 9.11. The maximum Gasteiger partial charge on any atom is 0.147 e. The van der Waals surface area contributed by atoms with Gasteiger partial charge in [-0.2, -0.15) is 0 Å². The second-order valence-electron chi connectivity index (χ2n) is 11.2. The molecule has 40 heavy (non-hydrogen) atoms. The lowest BCUT2D eigenvalue weighted by Gasteiger charge is -2.16. The first-order chi connectivity index (χ1) is 19.3. The second-order valence-corrected chi connectivity index (χ2v) is 11.2. The number of ketones is 1. The van der Waals surface area contributed by atoms with E-state index in [0.29, 0.717) is 6.42 Å². The summed E-state index contributed by atoms with van der Waals surface area (Å²) in [6.45, 7) is 6.28. The van der Waals surface area contributed by atoms with E-state index in [1.807, 2.05) is 55.5 Å². The Morgan fingerprint density at radius 2 is 1.43 bits per heavy atom. The third-order valence-electron chi connectivity index (χ3n) is 8.17. The van der Waals surface area contributed by atoms with Crippen LogP contribution in [0.15, 0.2) is 103 Å². The van der Waals surface area contributed by atoms with Crippen molar-refractivity contribution in [3.8, 4) is 16.9 Å². The normalized spacial score (nSPS) is 19.7. The molecule has 0 aliphatic heterocycles. The molecular formula is C37H38O3. The van der Waals surface area contributed by atoms with Crippen LogP contribution in [0.3, 0.4) is 0 Å². The van der Waals surface area contributed by atoms with Crippen LogP contribution in [0, 0.1) is 26.7 Å². The van der Waals surface area contributed by atoms with Crippen molar-refractivity contribution in [2.45, 2.75) is 51.6 Å². The Morgan fingerprint density at radius 1 is 0.800 bits per heavy atom. The maximum atomic E-state index is 13.9. The van der Waals surface area contributed by atoms with Crippen LogP contribution in [0.25, 0.3) is 11.1 Å². The highest BCUT2D eigenvalue weighted by Crippen LogP contribution is 2.46. The molecule has 1 unspecified atom stereocenters. The van der Waals surface area contributed by atoms with Gasteiger partial charge in [0.05, 0.1) is 13.2 Å². The van der Waals surface area contributed by atoms with Crippen molar-refractivity contribution >= 4 is 5.78 Å². The van der Waals surface area contributed by atoms with Crippen molar-refractivity contribution in [2.24, 2.45) is 5.92 Å². The Morgan fingerprint density at radius 3 is 2.05 bits per heavy atom. The molecule has 0 radical (unpaired) electrons. The van der Waals surface area contributed by atoms with Gasteiger partial charge in [0.25, 0.3) is 0 Å². The molecule has 0 bridgehead atoms. The molecule has 4 aromatic carbocycles. The zero-order valence-corrected chi connectivity index (χ0v) is 23.8. The van der Waals surface area contributed by atoms with Gasteiger partial charge >= 0.3 is 0 Å². The molecule has 3 heteroatoms. The summed E-state index contributed by atoms with van der Waals surface area (Å²) in [6, 6.07) is 31.1. The van der Waals surface area contributed by atoms with Gasteiger partial charge in [-0.05, 0) is 79.5 Å². The molecule has 3 nitrogen and oxygen atoms in total. The quantitative estimate of drug-likeness (QED) is 0.233. The molecule has 0 amide bonds. The molecule has 5 rings (SSSR count). The van der Waals surface area contributed by atoms with Gasteiger partial charge in [0.2, 0.25) is 0 Å². The van der Waals surface area contributed by atoms with Crippen molar-refractivity contribution in [3.05, 3.63) is 137 Å². The number of methoxy groups -OCH3 is 1. The molecule has 1 aliphatic carbocycles. The van der Waals surface area contributed by atoms with Gasteiger partial charge < -0.3 is 9.84 Å². The zero-order valence-electron chi connectivity index (χ0n) is 23.8. The predicted molar refractivity (Wildman–Crippen MR) is 163 cm³/mol. The Balaban J connectivity index is 1.39. The van der Waals surface area contributed by atoms with Crippen LogP contribution in [-0.4, -0.2) is 18.0 Å². The monoisotopic (exact) mass is 530 g/mol. The van der Waals surface area contributed by atoms with E-state index in [9.17, 15) is 9.90 Å². The van der Waals surface area contributed by atoms with Crippen LogP contribution < -0.4 is 4.74 Å². The number of carbonyl (C=O) groups is 1. The Labute approximate surface area is 238 Å².